The summed E-state index contributed by atoms with van der Waals surface area (Å²) in [7, 11) is 1.29. The second-order valence-corrected chi connectivity index (χ2v) is 6.87. The lowest BCUT2D eigenvalue weighted by molar-refractivity contribution is 0.0303. The molecular weight excluding hydrogens is 406 g/mol. The van der Waals surface area contributed by atoms with Crippen LogP contribution in [0.25, 0.3) is 0 Å². The van der Waals surface area contributed by atoms with E-state index in [-0.39, 0.29) is 11.0 Å². The lowest BCUT2D eigenvalue weighted by Crippen LogP contribution is -2.40. The van der Waals surface area contributed by atoms with E-state index in [9.17, 15) is 14.4 Å². The van der Waals surface area contributed by atoms with Gasteiger partial charge in [-0.05, 0) is 60.7 Å². The molecule has 9 heteroatoms. The van der Waals surface area contributed by atoms with Gasteiger partial charge >= 0.3 is 5.97 Å². The van der Waals surface area contributed by atoms with Crippen LogP contribution in [0.5, 0.6) is 0 Å². The van der Waals surface area contributed by atoms with Crippen molar-refractivity contribution in [2.45, 2.75) is 0 Å². The molecule has 1 aliphatic rings. The summed E-state index contributed by atoms with van der Waals surface area (Å²) in [6.45, 7) is 2.25. The Labute approximate surface area is 179 Å². The van der Waals surface area contributed by atoms with Crippen LogP contribution >= 0.6 is 12.2 Å². The van der Waals surface area contributed by atoms with Gasteiger partial charge in [-0.2, -0.15) is 0 Å². The molecule has 2 aromatic carbocycles. The summed E-state index contributed by atoms with van der Waals surface area (Å²) in [4.78, 5) is 38.0. The molecule has 2 amide bonds. The molecule has 1 saturated heterocycles. The van der Waals surface area contributed by atoms with E-state index in [1.165, 1.54) is 31.4 Å². The Bertz CT molecular complexity index is 938. The van der Waals surface area contributed by atoms with E-state index < -0.39 is 11.9 Å². The number of anilines is 1. The average Bonchev–Trinajstić information content (AvgIpc) is 2.79. The number of ether oxygens (including phenoxy) is 2. The maximum Gasteiger partial charge on any atom is 0.337 e. The zero-order valence-corrected chi connectivity index (χ0v) is 17.2. The van der Waals surface area contributed by atoms with Crippen LogP contribution in [0.15, 0.2) is 48.5 Å². The molecule has 0 saturated carbocycles. The van der Waals surface area contributed by atoms with Crippen molar-refractivity contribution in [1.29, 1.82) is 0 Å². The van der Waals surface area contributed by atoms with E-state index in [2.05, 4.69) is 15.4 Å². The van der Waals surface area contributed by atoms with Crippen LogP contribution in [-0.2, 0) is 9.47 Å². The summed E-state index contributed by atoms with van der Waals surface area (Å²) < 4.78 is 9.89. The lowest BCUT2D eigenvalue weighted by atomic mass is 10.1. The van der Waals surface area contributed by atoms with Crippen LogP contribution in [-0.4, -0.2) is 61.2 Å². The molecule has 8 nitrogen and oxygen atoms in total. The monoisotopic (exact) mass is 427 g/mol. The van der Waals surface area contributed by atoms with E-state index >= 15 is 0 Å². The molecule has 30 heavy (non-hydrogen) atoms. The lowest BCUT2D eigenvalue weighted by Gasteiger charge is -2.26. The van der Waals surface area contributed by atoms with Crippen LogP contribution in [0.4, 0.5) is 5.69 Å². The standard InChI is InChI=1S/C21H21N3O5S/c1-28-20(27)16-4-2-14(3-5-16)18(25)23-21(30)22-17-8-6-15(7-9-17)19(26)24-10-12-29-13-11-24/h2-9H,10-13H2,1H3,(H2,22,23,25,30). The van der Waals surface area contributed by atoms with Crippen molar-refractivity contribution in [1.82, 2.24) is 10.2 Å². The predicted molar refractivity (Wildman–Crippen MR) is 115 cm³/mol. The minimum atomic E-state index is -0.477. The summed E-state index contributed by atoms with van der Waals surface area (Å²) in [5, 5.41) is 5.60. The fourth-order valence-electron chi connectivity index (χ4n) is 2.86. The van der Waals surface area contributed by atoms with Gasteiger partial charge in [0, 0.05) is 29.9 Å². The molecule has 1 aliphatic heterocycles. The first-order valence-electron chi connectivity index (χ1n) is 9.26. The van der Waals surface area contributed by atoms with Crippen molar-refractivity contribution in [2.24, 2.45) is 0 Å². The Kier molecular flexibility index (Phi) is 7.10. The number of nitrogens with one attached hydrogen (secondary N) is 2. The van der Waals surface area contributed by atoms with Crippen molar-refractivity contribution >= 4 is 40.8 Å². The molecule has 0 bridgehead atoms. The van der Waals surface area contributed by atoms with Gasteiger partial charge in [0.2, 0.25) is 0 Å². The normalized spacial score (nSPS) is 13.3. The van der Waals surface area contributed by atoms with Crippen LogP contribution < -0.4 is 10.6 Å². The average molecular weight is 427 g/mol. The highest BCUT2D eigenvalue weighted by atomic mass is 32.1. The number of morpholine rings is 1. The molecule has 0 unspecified atom stereocenters. The Morgan fingerprint density at radius 2 is 1.50 bits per heavy atom. The summed E-state index contributed by atoms with van der Waals surface area (Å²) in [6, 6.07) is 12.9. The minimum absolute atomic E-state index is 0.0452. The zero-order valence-electron chi connectivity index (χ0n) is 16.3. The fraction of sp³-hybridized carbons (Fsp3) is 0.238. The number of amides is 2. The summed E-state index contributed by atoms with van der Waals surface area (Å²) in [5.74, 6) is -0.936. The topological polar surface area (TPSA) is 97.0 Å². The van der Waals surface area contributed by atoms with Crippen molar-refractivity contribution in [3.63, 3.8) is 0 Å². The third-order valence-corrected chi connectivity index (χ3v) is 4.69. The number of hydrogen-bond acceptors (Lipinski definition) is 6. The highest BCUT2D eigenvalue weighted by molar-refractivity contribution is 7.80. The molecular formula is C21H21N3O5S. The van der Waals surface area contributed by atoms with Gasteiger partial charge in [-0.15, -0.1) is 0 Å². The van der Waals surface area contributed by atoms with E-state index in [4.69, 9.17) is 17.0 Å². The largest absolute Gasteiger partial charge is 0.465 e. The van der Waals surface area contributed by atoms with Crippen molar-refractivity contribution in [3.8, 4) is 0 Å². The maximum absolute atomic E-state index is 12.5. The van der Waals surface area contributed by atoms with Crippen LogP contribution in [0.3, 0.4) is 0 Å². The first kappa shape index (κ1) is 21.4. The molecule has 2 aromatic rings. The highest BCUT2D eigenvalue weighted by Crippen LogP contribution is 2.13. The van der Waals surface area contributed by atoms with Crippen LogP contribution in [0, 0.1) is 0 Å². The second kappa shape index (κ2) is 9.95. The third-order valence-electron chi connectivity index (χ3n) is 4.48. The Morgan fingerprint density at radius 1 is 0.933 bits per heavy atom. The number of carbonyl (C=O) groups is 3. The first-order valence-corrected chi connectivity index (χ1v) is 9.66. The van der Waals surface area contributed by atoms with Gasteiger partial charge in [0.15, 0.2) is 5.11 Å². The van der Waals surface area contributed by atoms with Gasteiger partial charge in [0.25, 0.3) is 11.8 Å². The van der Waals surface area contributed by atoms with E-state index in [1.54, 1.807) is 29.2 Å². The Balaban J connectivity index is 1.54. The molecule has 1 heterocycles. The molecule has 2 N–H and O–H groups in total. The Morgan fingerprint density at radius 3 is 2.10 bits per heavy atom. The number of carbonyl (C=O) groups excluding carboxylic acids is 3. The van der Waals surface area contributed by atoms with Crippen molar-refractivity contribution < 1.29 is 23.9 Å². The van der Waals surface area contributed by atoms with E-state index in [1.807, 2.05) is 0 Å². The predicted octanol–water partition coefficient (Wildman–Crippen LogP) is 2.07. The number of nitrogens with zero attached hydrogens (tertiary/aromatic N) is 1. The third kappa shape index (κ3) is 5.40. The molecule has 0 spiro atoms. The van der Waals surface area contributed by atoms with Gasteiger partial charge in [-0.1, -0.05) is 0 Å². The zero-order chi connectivity index (χ0) is 21.5. The van der Waals surface area contributed by atoms with Crippen molar-refractivity contribution in [3.05, 3.63) is 65.2 Å². The first-order chi connectivity index (χ1) is 14.5. The van der Waals surface area contributed by atoms with Crippen LogP contribution in [0.2, 0.25) is 0 Å². The van der Waals surface area contributed by atoms with Gasteiger partial charge < -0.3 is 19.7 Å². The van der Waals surface area contributed by atoms with Crippen molar-refractivity contribution in [2.75, 3.05) is 38.7 Å². The molecule has 1 fully saturated rings. The molecule has 0 aromatic heterocycles. The van der Waals surface area contributed by atoms with Gasteiger partial charge in [-0.3, -0.25) is 14.9 Å². The van der Waals surface area contributed by atoms with Crippen LogP contribution in [0.1, 0.15) is 31.1 Å². The van der Waals surface area contributed by atoms with Gasteiger partial charge in [-0.25, -0.2) is 4.79 Å². The quantitative estimate of drug-likeness (QED) is 0.570. The van der Waals surface area contributed by atoms with E-state index in [0.29, 0.717) is 48.7 Å². The number of benzene rings is 2. The van der Waals surface area contributed by atoms with Gasteiger partial charge in [0.1, 0.15) is 0 Å². The number of thiocarbonyl (C=S) groups is 1. The molecule has 0 atom stereocenters. The number of rotatable bonds is 4. The molecule has 3 rings (SSSR count). The smallest absolute Gasteiger partial charge is 0.337 e. The molecule has 0 aliphatic carbocycles. The molecule has 0 radical (unpaired) electrons. The maximum atomic E-state index is 12.5. The minimum Gasteiger partial charge on any atom is -0.465 e. The Hall–Kier alpha value is -3.30. The fourth-order valence-corrected chi connectivity index (χ4v) is 3.07. The highest BCUT2D eigenvalue weighted by Gasteiger charge is 2.18. The van der Waals surface area contributed by atoms with E-state index in [0.717, 1.165) is 0 Å². The molecule has 156 valence electrons. The SMILES string of the molecule is COC(=O)c1ccc(C(=O)NC(=S)Nc2ccc(C(=O)N3CCOCC3)cc2)cc1. The number of esters is 1. The number of hydrogen-bond donors (Lipinski definition) is 2. The summed E-state index contributed by atoms with van der Waals surface area (Å²) in [6.07, 6.45) is 0. The van der Waals surface area contributed by atoms with Gasteiger partial charge in [0.05, 0.1) is 25.9 Å². The summed E-state index contributed by atoms with van der Waals surface area (Å²) in [5.41, 5.74) is 1.91. The number of methoxy groups -OCH3 is 1. The second-order valence-electron chi connectivity index (χ2n) is 6.46. The summed E-state index contributed by atoms with van der Waals surface area (Å²) >= 11 is 5.18.